The fourth-order valence-corrected chi connectivity index (χ4v) is 7.39. The summed E-state index contributed by atoms with van der Waals surface area (Å²) < 4.78 is 56.0. The van der Waals surface area contributed by atoms with Gasteiger partial charge in [-0.25, -0.2) is 17.2 Å². The third-order valence-electron chi connectivity index (χ3n) is 8.09. The number of Topliss-reactive ketones (excluding diaryl/α,β-unsaturated/α-hetero) is 1. The van der Waals surface area contributed by atoms with Crippen molar-refractivity contribution in [2.75, 3.05) is 50.0 Å². The zero-order chi connectivity index (χ0) is 30.4. The Morgan fingerprint density at radius 3 is 2.38 bits per heavy atom. The van der Waals surface area contributed by atoms with Gasteiger partial charge in [0.15, 0.2) is 5.78 Å². The highest BCUT2D eigenvalue weighted by Gasteiger charge is 2.48. The monoisotopic (exact) mass is 600 g/mol. The topological polar surface area (TPSA) is 102 Å². The van der Waals surface area contributed by atoms with E-state index in [1.807, 2.05) is 18.2 Å². The van der Waals surface area contributed by atoms with Gasteiger partial charge in [-0.2, -0.15) is 9.40 Å². The van der Waals surface area contributed by atoms with E-state index in [2.05, 4.69) is 46.2 Å². The number of aromatic amines is 1. The second-order valence-electron chi connectivity index (χ2n) is 12.1. The van der Waals surface area contributed by atoms with Crippen molar-refractivity contribution in [3.63, 3.8) is 0 Å². The van der Waals surface area contributed by atoms with E-state index in [1.165, 1.54) is 4.31 Å². The van der Waals surface area contributed by atoms with Gasteiger partial charge >= 0.3 is 0 Å². The summed E-state index contributed by atoms with van der Waals surface area (Å²) in [5.41, 5.74) is 2.86. The van der Waals surface area contributed by atoms with Gasteiger partial charge < -0.3 is 15.1 Å². The molecule has 1 fully saturated rings. The Kier molecular flexibility index (Phi) is 8.16. The molecule has 1 aromatic heterocycles. The Bertz CT molecular complexity index is 1580. The van der Waals surface area contributed by atoms with Gasteiger partial charge in [0.2, 0.25) is 10.0 Å². The highest BCUT2D eigenvalue weighted by Crippen LogP contribution is 2.43. The second-order valence-corrected chi connectivity index (χ2v) is 14.0. The maximum atomic E-state index is 13.9. The Morgan fingerprint density at radius 2 is 1.74 bits per heavy atom. The van der Waals surface area contributed by atoms with Crippen LogP contribution in [0.25, 0.3) is 0 Å². The van der Waals surface area contributed by atoms with E-state index in [0.717, 1.165) is 49.7 Å². The SMILES string of the molecule is CC(C)CNc1cc(N2CCN(C)CC2)ccc1C(=O)Cc1[nH]nc2c1CN(S(=O)(=O)c1cc(F)cc(F)c1)C2(C)C. The minimum atomic E-state index is -4.27. The fourth-order valence-electron chi connectivity index (χ4n) is 5.63. The predicted octanol–water partition coefficient (Wildman–Crippen LogP) is 4.37. The number of hydrogen-bond acceptors (Lipinski definition) is 7. The van der Waals surface area contributed by atoms with Crippen LogP contribution in [0.1, 0.15) is 55.0 Å². The van der Waals surface area contributed by atoms with Crippen LogP contribution in [0.5, 0.6) is 0 Å². The van der Waals surface area contributed by atoms with E-state index >= 15 is 0 Å². The number of H-pyrrole nitrogens is 1. The molecule has 0 unspecified atom stereocenters. The van der Waals surface area contributed by atoms with Gasteiger partial charge in [0.1, 0.15) is 11.6 Å². The lowest BCUT2D eigenvalue weighted by Gasteiger charge is -2.34. The molecule has 42 heavy (non-hydrogen) atoms. The predicted molar refractivity (Wildman–Crippen MR) is 158 cm³/mol. The number of benzene rings is 2. The summed E-state index contributed by atoms with van der Waals surface area (Å²) in [6, 6.07) is 8.11. The number of nitrogens with one attached hydrogen (secondary N) is 2. The lowest BCUT2D eigenvalue weighted by atomic mass is 9.98. The number of sulfonamides is 1. The maximum absolute atomic E-state index is 13.9. The summed E-state index contributed by atoms with van der Waals surface area (Å²) in [4.78, 5) is 17.9. The Hall–Kier alpha value is -3.35. The van der Waals surface area contributed by atoms with E-state index < -0.39 is 32.1 Å². The van der Waals surface area contributed by atoms with E-state index in [4.69, 9.17) is 0 Å². The molecule has 5 rings (SSSR count). The van der Waals surface area contributed by atoms with Crippen LogP contribution in [0, 0.1) is 17.6 Å². The highest BCUT2D eigenvalue weighted by molar-refractivity contribution is 7.89. The molecule has 0 radical (unpaired) electrons. The number of carbonyl (C=O) groups is 1. The number of anilines is 2. The average molecular weight is 601 g/mol. The zero-order valence-electron chi connectivity index (χ0n) is 24.7. The van der Waals surface area contributed by atoms with Crippen LogP contribution in [0.3, 0.4) is 0 Å². The van der Waals surface area contributed by atoms with Gasteiger partial charge in [0, 0.05) is 73.5 Å². The standard InChI is InChI=1S/C30H38F2N6O3S/c1-19(2)17-33-26-15-22(37-10-8-36(5)9-11-37)6-7-24(26)28(39)16-27-25-18-38(30(3,4)29(25)35-34-27)42(40,41)23-13-20(31)12-21(32)14-23/h6-7,12-15,19,33H,8-11,16-18H2,1-5H3,(H,34,35). The Labute approximate surface area is 245 Å². The first-order chi connectivity index (χ1) is 19.8. The number of piperazine rings is 1. The number of nitrogens with zero attached hydrogens (tertiary/aromatic N) is 4. The van der Waals surface area contributed by atoms with Crippen molar-refractivity contribution in [1.29, 1.82) is 0 Å². The van der Waals surface area contributed by atoms with Crippen molar-refractivity contribution < 1.29 is 22.0 Å². The zero-order valence-corrected chi connectivity index (χ0v) is 25.5. The van der Waals surface area contributed by atoms with Crippen LogP contribution < -0.4 is 10.2 Å². The van der Waals surface area contributed by atoms with E-state index in [0.29, 0.717) is 41.0 Å². The Morgan fingerprint density at radius 1 is 1.07 bits per heavy atom. The first kappa shape index (κ1) is 30.1. The molecule has 1 saturated heterocycles. The Balaban J connectivity index is 1.41. The number of ketones is 1. The summed E-state index contributed by atoms with van der Waals surface area (Å²) in [7, 11) is -2.16. The van der Waals surface area contributed by atoms with E-state index in [9.17, 15) is 22.0 Å². The molecule has 0 saturated carbocycles. The van der Waals surface area contributed by atoms with Gasteiger partial charge in [0.25, 0.3) is 0 Å². The quantitative estimate of drug-likeness (QED) is 0.352. The molecule has 0 amide bonds. The lowest BCUT2D eigenvalue weighted by Crippen LogP contribution is -2.44. The maximum Gasteiger partial charge on any atom is 0.244 e. The molecule has 2 N–H and O–H groups in total. The molecule has 0 atom stereocenters. The lowest BCUT2D eigenvalue weighted by molar-refractivity contribution is 0.0992. The number of aromatic nitrogens is 2. The van der Waals surface area contributed by atoms with Crippen molar-refractivity contribution in [1.82, 2.24) is 19.4 Å². The van der Waals surface area contributed by atoms with Gasteiger partial charge in [-0.05, 0) is 57.1 Å². The minimum absolute atomic E-state index is 0.00882. The van der Waals surface area contributed by atoms with Crippen molar-refractivity contribution >= 4 is 27.2 Å². The number of rotatable bonds is 9. The van der Waals surface area contributed by atoms with Crippen LogP contribution in [-0.2, 0) is 28.5 Å². The third kappa shape index (κ3) is 5.80. The summed E-state index contributed by atoms with van der Waals surface area (Å²) in [6.45, 7) is 12.0. The van der Waals surface area contributed by atoms with Gasteiger partial charge in [0.05, 0.1) is 22.5 Å². The molecule has 12 heteroatoms. The number of likely N-dealkylation sites (N-methyl/N-ethyl adjacent to an activating group) is 1. The van der Waals surface area contributed by atoms with Crippen LogP contribution in [-0.4, -0.2) is 73.4 Å². The number of hydrogen-bond donors (Lipinski definition) is 2. The molecule has 2 aliphatic rings. The molecule has 0 aliphatic carbocycles. The molecule has 226 valence electrons. The average Bonchev–Trinajstić information content (AvgIpc) is 3.45. The first-order valence-electron chi connectivity index (χ1n) is 14.2. The molecular weight excluding hydrogens is 562 g/mol. The first-order valence-corrected chi connectivity index (χ1v) is 15.6. The summed E-state index contributed by atoms with van der Waals surface area (Å²) in [5, 5.41) is 10.8. The molecule has 3 aromatic rings. The number of carbonyl (C=O) groups excluding carboxylic acids is 1. The highest BCUT2D eigenvalue weighted by atomic mass is 32.2. The smallest absolute Gasteiger partial charge is 0.244 e. The second kappa shape index (κ2) is 11.4. The molecule has 9 nitrogen and oxygen atoms in total. The molecule has 2 aromatic carbocycles. The molecule has 0 bridgehead atoms. The van der Waals surface area contributed by atoms with Gasteiger partial charge in [-0.15, -0.1) is 0 Å². The van der Waals surface area contributed by atoms with Crippen molar-refractivity contribution in [2.24, 2.45) is 5.92 Å². The molecular formula is C30H38F2N6O3S. The fraction of sp³-hybridized carbons (Fsp3) is 0.467. The molecule has 0 spiro atoms. The van der Waals surface area contributed by atoms with Crippen molar-refractivity contribution in [3.8, 4) is 0 Å². The minimum Gasteiger partial charge on any atom is -0.384 e. The number of halogens is 2. The van der Waals surface area contributed by atoms with Crippen LogP contribution in [0.4, 0.5) is 20.2 Å². The molecule has 2 aliphatic heterocycles. The summed E-state index contributed by atoms with van der Waals surface area (Å²) in [6.07, 6.45) is -0.00882. The van der Waals surface area contributed by atoms with E-state index in [1.54, 1.807) is 13.8 Å². The van der Waals surface area contributed by atoms with Crippen LogP contribution in [0.15, 0.2) is 41.3 Å². The third-order valence-corrected chi connectivity index (χ3v) is 10.1. The molecule has 3 heterocycles. The normalized spacial score (nSPS) is 17.6. The summed E-state index contributed by atoms with van der Waals surface area (Å²) in [5.74, 6) is -1.71. The number of fused-ring (bicyclic) bond motifs is 1. The van der Waals surface area contributed by atoms with Crippen LogP contribution in [0.2, 0.25) is 0 Å². The van der Waals surface area contributed by atoms with Gasteiger partial charge in [-0.1, -0.05) is 13.8 Å². The largest absolute Gasteiger partial charge is 0.384 e. The van der Waals surface area contributed by atoms with E-state index in [-0.39, 0.29) is 18.7 Å². The van der Waals surface area contributed by atoms with Crippen molar-refractivity contribution in [2.45, 2.75) is 51.1 Å². The van der Waals surface area contributed by atoms with Crippen LogP contribution >= 0.6 is 0 Å². The van der Waals surface area contributed by atoms with Gasteiger partial charge in [-0.3, -0.25) is 9.89 Å². The summed E-state index contributed by atoms with van der Waals surface area (Å²) >= 11 is 0. The van der Waals surface area contributed by atoms with Crippen molar-refractivity contribution in [3.05, 3.63) is 70.5 Å².